The van der Waals surface area contributed by atoms with E-state index in [1.54, 1.807) is 12.4 Å². The molecule has 1 amide bonds. The summed E-state index contributed by atoms with van der Waals surface area (Å²) in [7, 11) is 1.95. The Hall–Kier alpha value is -2.40. The normalized spacial score (nSPS) is 17.3. The van der Waals surface area contributed by atoms with E-state index >= 15 is 0 Å². The minimum atomic E-state index is 0.0940. The molecule has 23 heavy (non-hydrogen) atoms. The number of amides is 1. The third-order valence-electron chi connectivity index (χ3n) is 4.04. The van der Waals surface area contributed by atoms with Gasteiger partial charge in [0.05, 0.1) is 6.20 Å². The molecule has 120 valence electrons. The van der Waals surface area contributed by atoms with E-state index in [0.29, 0.717) is 23.0 Å². The molecular formula is C18H21N3O2. The van der Waals surface area contributed by atoms with Crippen molar-refractivity contribution in [2.24, 2.45) is 5.92 Å². The van der Waals surface area contributed by atoms with Crippen LogP contribution in [0.1, 0.15) is 16.8 Å². The summed E-state index contributed by atoms with van der Waals surface area (Å²) < 4.78 is 5.69. The van der Waals surface area contributed by atoms with Crippen molar-refractivity contribution in [3.8, 4) is 11.5 Å². The lowest BCUT2D eigenvalue weighted by atomic mass is 10.1. The first-order valence-corrected chi connectivity index (χ1v) is 7.88. The minimum Gasteiger partial charge on any atom is -0.456 e. The van der Waals surface area contributed by atoms with Crippen molar-refractivity contribution < 1.29 is 9.53 Å². The number of pyridine rings is 1. The van der Waals surface area contributed by atoms with Crippen molar-refractivity contribution in [2.45, 2.75) is 6.42 Å². The highest BCUT2D eigenvalue weighted by atomic mass is 16.5. The van der Waals surface area contributed by atoms with Gasteiger partial charge in [-0.25, -0.2) is 0 Å². The van der Waals surface area contributed by atoms with Crippen LogP contribution in [0.4, 0.5) is 0 Å². The molecule has 1 aliphatic heterocycles. The summed E-state index contributed by atoms with van der Waals surface area (Å²) in [5, 5.41) is 3.18. The van der Waals surface area contributed by atoms with Gasteiger partial charge >= 0.3 is 0 Å². The van der Waals surface area contributed by atoms with Gasteiger partial charge in [0.1, 0.15) is 11.5 Å². The van der Waals surface area contributed by atoms with Crippen molar-refractivity contribution in [1.82, 2.24) is 15.2 Å². The van der Waals surface area contributed by atoms with Crippen LogP contribution in [-0.4, -0.2) is 42.5 Å². The summed E-state index contributed by atoms with van der Waals surface area (Å²) in [5.41, 5.74) is 0.702. The topological polar surface area (TPSA) is 54.5 Å². The third-order valence-corrected chi connectivity index (χ3v) is 4.04. The predicted molar refractivity (Wildman–Crippen MR) is 88.7 cm³/mol. The lowest BCUT2D eigenvalue weighted by Crippen LogP contribution is -2.30. The summed E-state index contributed by atoms with van der Waals surface area (Å²) in [4.78, 5) is 18.5. The maximum absolute atomic E-state index is 12.5. The Morgan fingerprint density at radius 1 is 1.30 bits per heavy atom. The van der Waals surface area contributed by atoms with Crippen LogP contribution in [0.3, 0.4) is 0 Å². The van der Waals surface area contributed by atoms with Gasteiger partial charge in [0, 0.05) is 24.8 Å². The van der Waals surface area contributed by atoms with E-state index < -0.39 is 0 Å². The number of rotatable bonds is 5. The number of hydrogen-bond acceptors (Lipinski definition) is 4. The molecule has 5 nitrogen and oxygen atoms in total. The maximum Gasteiger partial charge on any atom is 0.253 e. The highest BCUT2D eigenvalue weighted by Gasteiger charge is 2.26. The van der Waals surface area contributed by atoms with E-state index in [0.717, 1.165) is 26.1 Å². The number of carbonyl (C=O) groups excluding carboxylic acids is 1. The number of benzene rings is 1. The SMILES string of the molecule is CNC[C@H]1CCN(C(=O)c2ccc(Oc3cccnc3)cc2)C1. The fourth-order valence-corrected chi connectivity index (χ4v) is 2.86. The van der Waals surface area contributed by atoms with Gasteiger partial charge in [-0.3, -0.25) is 9.78 Å². The van der Waals surface area contributed by atoms with Gasteiger partial charge in [0.2, 0.25) is 0 Å². The predicted octanol–water partition coefficient (Wildman–Crippen LogP) is 2.56. The van der Waals surface area contributed by atoms with Crippen molar-refractivity contribution in [3.63, 3.8) is 0 Å². The Labute approximate surface area is 136 Å². The Bertz CT molecular complexity index is 643. The van der Waals surface area contributed by atoms with E-state index in [1.165, 1.54) is 0 Å². The Morgan fingerprint density at radius 2 is 2.13 bits per heavy atom. The Balaban J connectivity index is 1.62. The Morgan fingerprint density at radius 3 is 2.83 bits per heavy atom. The molecule has 1 saturated heterocycles. The van der Waals surface area contributed by atoms with Crippen LogP contribution in [0.2, 0.25) is 0 Å². The van der Waals surface area contributed by atoms with E-state index in [4.69, 9.17) is 4.74 Å². The van der Waals surface area contributed by atoms with Crippen LogP contribution in [0.25, 0.3) is 0 Å². The zero-order valence-electron chi connectivity index (χ0n) is 13.2. The molecule has 1 atom stereocenters. The molecule has 5 heteroatoms. The molecule has 3 rings (SSSR count). The van der Waals surface area contributed by atoms with E-state index in [2.05, 4.69) is 10.3 Å². The van der Waals surface area contributed by atoms with Gasteiger partial charge in [-0.15, -0.1) is 0 Å². The van der Waals surface area contributed by atoms with Crippen LogP contribution in [-0.2, 0) is 0 Å². The number of ether oxygens (including phenoxy) is 1. The van der Waals surface area contributed by atoms with Gasteiger partial charge in [-0.2, -0.15) is 0 Å². The summed E-state index contributed by atoms with van der Waals surface area (Å²) in [6.45, 7) is 2.62. The average molecular weight is 311 g/mol. The van der Waals surface area contributed by atoms with Gasteiger partial charge in [0.15, 0.2) is 0 Å². The molecule has 1 aromatic carbocycles. The molecule has 2 heterocycles. The number of nitrogens with zero attached hydrogens (tertiary/aromatic N) is 2. The van der Waals surface area contributed by atoms with Crippen molar-refractivity contribution in [3.05, 3.63) is 54.4 Å². The van der Waals surface area contributed by atoms with Gasteiger partial charge in [0.25, 0.3) is 5.91 Å². The standard InChI is InChI=1S/C18H21N3O2/c1-19-11-14-8-10-21(13-14)18(22)15-4-6-16(7-5-15)23-17-3-2-9-20-12-17/h2-7,9,12,14,19H,8,10-11,13H2,1H3/t14-/m1/s1. The first-order valence-electron chi connectivity index (χ1n) is 7.88. The molecule has 1 fully saturated rings. The molecule has 0 unspecified atom stereocenters. The van der Waals surface area contributed by atoms with E-state index in [1.807, 2.05) is 48.3 Å². The van der Waals surface area contributed by atoms with E-state index in [-0.39, 0.29) is 5.91 Å². The number of hydrogen-bond donors (Lipinski definition) is 1. The number of aromatic nitrogens is 1. The van der Waals surface area contributed by atoms with Crippen LogP contribution < -0.4 is 10.1 Å². The summed E-state index contributed by atoms with van der Waals surface area (Å²) in [6, 6.07) is 10.9. The zero-order chi connectivity index (χ0) is 16.1. The first-order chi connectivity index (χ1) is 11.3. The van der Waals surface area contributed by atoms with Crippen LogP contribution in [0, 0.1) is 5.92 Å². The fraction of sp³-hybridized carbons (Fsp3) is 0.333. The second kappa shape index (κ2) is 7.24. The van der Waals surface area contributed by atoms with Crippen molar-refractivity contribution >= 4 is 5.91 Å². The lowest BCUT2D eigenvalue weighted by molar-refractivity contribution is 0.0787. The molecule has 0 bridgehead atoms. The third kappa shape index (κ3) is 3.87. The molecule has 1 N–H and O–H groups in total. The maximum atomic E-state index is 12.5. The molecule has 0 radical (unpaired) electrons. The second-order valence-corrected chi connectivity index (χ2v) is 5.78. The number of likely N-dealkylation sites (tertiary alicyclic amines) is 1. The molecule has 0 saturated carbocycles. The molecule has 2 aromatic rings. The Kier molecular flexibility index (Phi) is 4.88. The van der Waals surface area contributed by atoms with Crippen molar-refractivity contribution in [2.75, 3.05) is 26.7 Å². The zero-order valence-corrected chi connectivity index (χ0v) is 13.2. The first kappa shape index (κ1) is 15.5. The molecule has 1 aromatic heterocycles. The van der Waals surface area contributed by atoms with Gasteiger partial charge in [-0.1, -0.05) is 0 Å². The van der Waals surface area contributed by atoms with Gasteiger partial charge in [-0.05, 0) is 62.3 Å². The van der Waals surface area contributed by atoms with Crippen LogP contribution >= 0.6 is 0 Å². The second-order valence-electron chi connectivity index (χ2n) is 5.78. The summed E-state index contributed by atoms with van der Waals surface area (Å²) in [5.74, 6) is 2.03. The summed E-state index contributed by atoms with van der Waals surface area (Å²) in [6.07, 6.45) is 4.42. The van der Waals surface area contributed by atoms with Gasteiger partial charge < -0.3 is 15.0 Å². The average Bonchev–Trinajstić information content (AvgIpc) is 3.05. The minimum absolute atomic E-state index is 0.0940. The molecule has 1 aliphatic rings. The van der Waals surface area contributed by atoms with Crippen molar-refractivity contribution in [1.29, 1.82) is 0 Å². The highest BCUT2D eigenvalue weighted by molar-refractivity contribution is 5.94. The fourth-order valence-electron chi connectivity index (χ4n) is 2.86. The monoisotopic (exact) mass is 311 g/mol. The molecular weight excluding hydrogens is 290 g/mol. The molecule has 0 spiro atoms. The highest BCUT2D eigenvalue weighted by Crippen LogP contribution is 2.22. The molecule has 0 aliphatic carbocycles. The van der Waals surface area contributed by atoms with Crippen LogP contribution in [0.5, 0.6) is 11.5 Å². The number of carbonyl (C=O) groups is 1. The van der Waals surface area contributed by atoms with E-state index in [9.17, 15) is 4.79 Å². The van der Waals surface area contributed by atoms with Crippen LogP contribution in [0.15, 0.2) is 48.8 Å². The summed E-state index contributed by atoms with van der Waals surface area (Å²) >= 11 is 0. The largest absolute Gasteiger partial charge is 0.456 e. The lowest BCUT2D eigenvalue weighted by Gasteiger charge is -2.17. The number of nitrogens with one attached hydrogen (secondary N) is 1. The quantitative estimate of drug-likeness (QED) is 0.922. The smallest absolute Gasteiger partial charge is 0.253 e.